The largest absolute Gasteiger partial charge is 0.325 e. The lowest BCUT2D eigenvalue weighted by atomic mass is 9.99. The van der Waals surface area contributed by atoms with Crippen LogP contribution in [0.2, 0.25) is 0 Å². The first-order valence-electron chi connectivity index (χ1n) is 9.59. The first-order chi connectivity index (χ1) is 14.1. The summed E-state index contributed by atoms with van der Waals surface area (Å²) in [4.78, 5) is 16.4. The Morgan fingerprint density at radius 3 is 2.59 bits per heavy atom. The van der Waals surface area contributed by atoms with E-state index in [9.17, 15) is 4.79 Å². The van der Waals surface area contributed by atoms with Gasteiger partial charge in [-0.05, 0) is 42.2 Å². The number of hydrogen-bond acceptors (Lipinski definition) is 5. The van der Waals surface area contributed by atoms with Gasteiger partial charge in [-0.2, -0.15) is 0 Å². The van der Waals surface area contributed by atoms with Gasteiger partial charge in [0.25, 0.3) is 0 Å². The van der Waals surface area contributed by atoms with E-state index in [0.29, 0.717) is 17.6 Å². The Balaban J connectivity index is 1.64. The molecule has 0 aliphatic rings. The van der Waals surface area contributed by atoms with E-state index in [-0.39, 0.29) is 11.7 Å². The number of thioether (sulfide) groups is 1. The highest BCUT2D eigenvalue weighted by Gasteiger charge is 2.15. The Morgan fingerprint density at radius 1 is 1.21 bits per heavy atom. The summed E-state index contributed by atoms with van der Waals surface area (Å²) in [6.07, 6.45) is 6.32. The summed E-state index contributed by atoms with van der Waals surface area (Å²) in [7, 11) is 0. The van der Waals surface area contributed by atoms with E-state index in [1.165, 1.54) is 17.3 Å². The third-order valence-corrected chi connectivity index (χ3v) is 5.64. The second-order valence-electron chi connectivity index (χ2n) is 6.71. The molecule has 150 valence electrons. The van der Waals surface area contributed by atoms with Crippen molar-refractivity contribution in [1.29, 1.82) is 0 Å². The minimum atomic E-state index is -0.0788. The third-order valence-electron chi connectivity index (χ3n) is 4.68. The van der Waals surface area contributed by atoms with Crippen molar-refractivity contribution in [1.82, 2.24) is 19.7 Å². The van der Waals surface area contributed by atoms with E-state index < -0.39 is 0 Å². The number of amides is 1. The van der Waals surface area contributed by atoms with Crippen LogP contribution in [0.5, 0.6) is 0 Å². The first kappa shape index (κ1) is 20.8. The normalized spacial score (nSPS) is 11.8. The van der Waals surface area contributed by atoms with Crippen LogP contribution in [0.25, 0.3) is 11.4 Å². The number of allylic oxidation sites excluding steroid dienone is 1. The summed E-state index contributed by atoms with van der Waals surface area (Å²) in [5, 5.41) is 12.2. The zero-order chi connectivity index (χ0) is 20.6. The quantitative estimate of drug-likeness (QED) is 0.409. The topological polar surface area (TPSA) is 72.7 Å². The predicted molar refractivity (Wildman–Crippen MR) is 118 cm³/mol. The predicted octanol–water partition coefficient (Wildman–Crippen LogP) is 4.77. The zero-order valence-electron chi connectivity index (χ0n) is 16.7. The summed E-state index contributed by atoms with van der Waals surface area (Å²) in [6.45, 7) is 8.74. The van der Waals surface area contributed by atoms with Crippen LogP contribution in [0, 0.1) is 0 Å². The molecule has 0 radical (unpaired) electrons. The molecule has 2 heterocycles. The van der Waals surface area contributed by atoms with Gasteiger partial charge in [0.2, 0.25) is 5.91 Å². The van der Waals surface area contributed by atoms with Crippen LogP contribution >= 0.6 is 11.8 Å². The van der Waals surface area contributed by atoms with Crippen molar-refractivity contribution in [2.24, 2.45) is 0 Å². The lowest BCUT2D eigenvalue weighted by molar-refractivity contribution is -0.113. The van der Waals surface area contributed by atoms with Gasteiger partial charge in [0.15, 0.2) is 11.0 Å². The average molecular weight is 408 g/mol. The van der Waals surface area contributed by atoms with Crippen molar-refractivity contribution in [3.05, 3.63) is 67.0 Å². The number of benzene rings is 1. The van der Waals surface area contributed by atoms with Gasteiger partial charge in [0, 0.05) is 30.2 Å². The molecular formula is C22H25N5OS. The monoisotopic (exact) mass is 407 g/mol. The first-order valence-corrected chi connectivity index (χ1v) is 10.6. The molecule has 0 saturated carbocycles. The molecule has 0 bridgehead atoms. The third kappa shape index (κ3) is 5.32. The summed E-state index contributed by atoms with van der Waals surface area (Å²) >= 11 is 1.36. The van der Waals surface area contributed by atoms with Crippen molar-refractivity contribution >= 4 is 23.4 Å². The van der Waals surface area contributed by atoms with E-state index >= 15 is 0 Å². The van der Waals surface area contributed by atoms with Crippen LogP contribution < -0.4 is 5.32 Å². The highest BCUT2D eigenvalue weighted by molar-refractivity contribution is 7.99. The molecule has 1 atom stereocenters. The Labute approximate surface area is 175 Å². The Hall–Kier alpha value is -2.93. The fourth-order valence-corrected chi connectivity index (χ4v) is 3.61. The smallest absolute Gasteiger partial charge is 0.234 e. The summed E-state index contributed by atoms with van der Waals surface area (Å²) in [5.74, 6) is 1.42. The summed E-state index contributed by atoms with van der Waals surface area (Å²) in [5.41, 5.74) is 3.00. The van der Waals surface area contributed by atoms with Crippen LogP contribution in [0.3, 0.4) is 0 Å². The van der Waals surface area contributed by atoms with E-state index in [2.05, 4.69) is 53.1 Å². The number of hydrogen-bond donors (Lipinski definition) is 1. The van der Waals surface area contributed by atoms with Crippen molar-refractivity contribution in [3.63, 3.8) is 0 Å². The molecule has 3 aromatic rings. The fourth-order valence-electron chi connectivity index (χ4n) is 2.86. The van der Waals surface area contributed by atoms with Gasteiger partial charge in [-0.1, -0.05) is 43.8 Å². The molecule has 7 heteroatoms. The minimum absolute atomic E-state index is 0.0788. The van der Waals surface area contributed by atoms with Gasteiger partial charge in [-0.15, -0.1) is 16.8 Å². The second kappa shape index (κ2) is 10.0. The Kier molecular flexibility index (Phi) is 7.19. The lowest BCUT2D eigenvalue weighted by Gasteiger charge is -2.11. The molecule has 1 unspecified atom stereocenters. The van der Waals surface area contributed by atoms with Crippen molar-refractivity contribution in [2.75, 3.05) is 11.1 Å². The lowest BCUT2D eigenvalue weighted by Crippen LogP contribution is -2.14. The van der Waals surface area contributed by atoms with Gasteiger partial charge in [-0.25, -0.2) is 0 Å². The van der Waals surface area contributed by atoms with E-state index in [0.717, 1.165) is 23.5 Å². The minimum Gasteiger partial charge on any atom is -0.325 e. The van der Waals surface area contributed by atoms with E-state index in [4.69, 9.17) is 0 Å². The van der Waals surface area contributed by atoms with Crippen molar-refractivity contribution in [3.8, 4) is 11.4 Å². The van der Waals surface area contributed by atoms with E-state index in [1.54, 1.807) is 18.5 Å². The second-order valence-corrected chi connectivity index (χ2v) is 7.65. The molecule has 2 aromatic heterocycles. The average Bonchev–Trinajstić information content (AvgIpc) is 3.16. The fraction of sp³-hybridized carbons (Fsp3) is 0.273. The number of anilines is 1. The maximum Gasteiger partial charge on any atom is 0.234 e. The number of carbonyl (C=O) groups excluding carboxylic acids is 1. The number of aromatic nitrogens is 4. The standard InChI is InChI=1S/C22H25N5OS/c1-4-14-27-21(18-10-12-23-13-11-18)25-26-22(27)29-15-20(28)24-19-8-6-17(7-9-19)16(3)5-2/h4,6-13,16H,1,5,14-15H2,2-3H3,(H,24,28). The highest BCUT2D eigenvalue weighted by Crippen LogP contribution is 2.24. The number of nitrogens with zero attached hydrogens (tertiary/aromatic N) is 4. The van der Waals surface area contributed by atoms with Crippen molar-refractivity contribution < 1.29 is 4.79 Å². The van der Waals surface area contributed by atoms with Crippen LogP contribution in [0.15, 0.2) is 66.6 Å². The Morgan fingerprint density at radius 2 is 1.93 bits per heavy atom. The van der Waals surface area contributed by atoms with Gasteiger partial charge < -0.3 is 5.32 Å². The van der Waals surface area contributed by atoms with Crippen LogP contribution in [0.1, 0.15) is 31.7 Å². The van der Waals surface area contributed by atoms with E-state index in [1.807, 2.05) is 28.8 Å². The molecule has 0 aliphatic carbocycles. The number of pyridine rings is 1. The molecule has 0 spiro atoms. The molecular weight excluding hydrogens is 382 g/mol. The SMILES string of the molecule is C=CCn1c(SCC(=O)Nc2ccc(C(C)CC)cc2)nnc1-c1ccncc1. The number of nitrogens with one attached hydrogen (secondary N) is 1. The number of rotatable bonds is 9. The van der Waals surface area contributed by atoms with Crippen LogP contribution in [-0.4, -0.2) is 31.4 Å². The molecule has 3 rings (SSSR count). The van der Waals surface area contributed by atoms with Gasteiger partial charge in [-0.3, -0.25) is 14.3 Å². The van der Waals surface area contributed by atoms with Gasteiger partial charge in [0.1, 0.15) is 0 Å². The van der Waals surface area contributed by atoms with Gasteiger partial charge >= 0.3 is 0 Å². The molecule has 0 fully saturated rings. The molecule has 1 aromatic carbocycles. The molecule has 6 nitrogen and oxygen atoms in total. The molecule has 0 aliphatic heterocycles. The molecule has 0 saturated heterocycles. The maximum absolute atomic E-state index is 12.4. The van der Waals surface area contributed by atoms with Crippen LogP contribution in [-0.2, 0) is 11.3 Å². The number of carbonyl (C=O) groups is 1. The summed E-state index contributed by atoms with van der Waals surface area (Å²) in [6, 6.07) is 11.8. The zero-order valence-corrected chi connectivity index (χ0v) is 17.5. The molecule has 1 N–H and O–H groups in total. The summed E-state index contributed by atoms with van der Waals surface area (Å²) < 4.78 is 1.95. The van der Waals surface area contributed by atoms with Crippen molar-refractivity contribution in [2.45, 2.75) is 37.9 Å². The maximum atomic E-state index is 12.4. The molecule has 1 amide bonds. The Bertz CT molecular complexity index is 953. The van der Waals surface area contributed by atoms with Crippen LogP contribution in [0.4, 0.5) is 5.69 Å². The van der Waals surface area contributed by atoms with Gasteiger partial charge in [0.05, 0.1) is 5.75 Å². The highest BCUT2D eigenvalue weighted by atomic mass is 32.2. The molecule has 29 heavy (non-hydrogen) atoms.